The largest absolute Gasteiger partial charge is 0.356 e. The van der Waals surface area contributed by atoms with Gasteiger partial charge in [-0.2, -0.15) is 0 Å². The molecule has 1 aliphatic carbocycles. The van der Waals surface area contributed by atoms with Gasteiger partial charge in [0.15, 0.2) is 5.96 Å². The van der Waals surface area contributed by atoms with Crippen molar-refractivity contribution in [3.63, 3.8) is 0 Å². The van der Waals surface area contributed by atoms with Gasteiger partial charge < -0.3 is 16.0 Å². The topological polar surface area (TPSA) is 78.4 Å². The van der Waals surface area contributed by atoms with Crippen molar-refractivity contribution in [3.8, 4) is 0 Å². The van der Waals surface area contributed by atoms with Crippen LogP contribution in [0.2, 0.25) is 0 Å². The van der Waals surface area contributed by atoms with Gasteiger partial charge in [-0.15, -0.1) is 11.3 Å². The average molecular weight is 337 g/mol. The summed E-state index contributed by atoms with van der Waals surface area (Å²) in [5.74, 6) is 0.850. The number of hydrogen-bond acceptors (Lipinski definition) is 4. The van der Waals surface area contributed by atoms with Crippen molar-refractivity contribution in [2.45, 2.75) is 51.5 Å². The fraction of sp³-hybridized carbons (Fsp3) is 0.688. The highest BCUT2D eigenvalue weighted by Gasteiger charge is 2.16. The van der Waals surface area contributed by atoms with Crippen molar-refractivity contribution in [2.24, 2.45) is 4.99 Å². The summed E-state index contributed by atoms with van der Waals surface area (Å²) in [6.07, 6.45) is 6.06. The van der Waals surface area contributed by atoms with E-state index in [0.717, 1.165) is 42.5 Å². The molecule has 0 aromatic carbocycles. The van der Waals surface area contributed by atoms with Crippen LogP contribution in [0.4, 0.5) is 0 Å². The predicted molar refractivity (Wildman–Crippen MR) is 94.9 cm³/mol. The molecule has 0 unspecified atom stereocenters. The van der Waals surface area contributed by atoms with Crippen LogP contribution in [0.25, 0.3) is 0 Å². The van der Waals surface area contributed by atoms with Crippen LogP contribution in [-0.4, -0.2) is 43.0 Å². The third-order valence-corrected chi connectivity index (χ3v) is 4.75. The molecule has 1 aromatic heterocycles. The third kappa shape index (κ3) is 6.56. The van der Waals surface area contributed by atoms with E-state index in [0.29, 0.717) is 19.0 Å². The van der Waals surface area contributed by atoms with Gasteiger partial charge in [0.2, 0.25) is 5.91 Å². The first-order valence-electron chi connectivity index (χ1n) is 8.32. The number of hydrogen-bond donors (Lipinski definition) is 3. The normalized spacial score (nSPS) is 15.7. The Hall–Kier alpha value is -1.63. The van der Waals surface area contributed by atoms with Gasteiger partial charge in [-0.3, -0.25) is 9.79 Å². The molecule has 3 N–H and O–H groups in total. The molecule has 0 bridgehead atoms. The minimum absolute atomic E-state index is 0.123. The smallest absolute Gasteiger partial charge is 0.221 e. The standard InChI is InChI=1S/C16H27N5OS/c1-12-20-14(11-23-12)7-9-18-16(17-2)19-10-8-15(22)21-13-5-3-4-6-13/h11,13H,3-10H2,1-2H3,(H,21,22)(H2,17,18,19). The van der Waals surface area contributed by atoms with E-state index in [2.05, 4.69) is 31.3 Å². The van der Waals surface area contributed by atoms with E-state index in [1.165, 1.54) is 12.8 Å². The van der Waals surface area contributed by atoms with E-state index in [1.54, 1.807) is 18.4 Å². The number of aliphatic imine (C=N–C) groups is 1. The van der Waals surface area contributed by atoms with E-state index in [4.69, 9.17) is 0 Å². The first-order valence-corrected chi connectivity index (χ1v) is 9.20. The maximum Gasteiger partial charge on any atom is 0.221 e. The maximum atomic E-state index is 11.9. The second-order valence-corrected chi connectivity index (χ2v) is 6.89. The molecule has 0 atom stereocenters. The molecule has 1 aromatic rings. The van der Waals surface area contributed by atoms with Crippen LogP contribution in [-0.2, 0) is 11.2 Å². The molecule has 1 amide bonds. The van der Waals surface area contributed by atoms with Gasteiger partial charge in [0, 0.05) is 44.4 Å². The minimum Gasteiger partial charge on any atom is -0.356 e. The van der Waals surface area contributed by atoms with Crippen LogP contribution < -0.4 is 16.0 Å². The van der Waals surface area contributed by atoms with Crippen molar-refractivity contribution in [3.05, 3.63) is 16.1 Å². The summed E-state index contributed by atoms with van der Waals surface area (Å²) in [5.41, 5.74) is 1.10. The number of rotatable bonds is 7. The molecule has 23 heavy (non-hydrogen) atoms. The summed E-state index contributed by atoms with van der Waals surface area (Å²) < 4.78 is 0. The van der Waals surface area contributed by atoms with E-state index < -0.39 is 0 Å². The molecule has 1 aliphatic rings. The third-order valence-electron chi connectivity index (χ3n) is 3.93. The summed E-state index contributed by atoms with van der Waals surface area (Å²) in [7, 11) is 1.74. The second-order valence-electron chi connectivity index (χ2n) is 5.83. The molecule has 1 fully saturated rings. The van der Waals surface area contributed by atoms with Crippen LogP contribution in [0.5, 0.6) is 0 Å². The zero-order valence-corrected chi connectivity index (χ0v) is 14.8. The number of thiazole rings is 1. The Morgan fingerprint density at radius 3 is 2.74 bits per heavy atom. The molecule has 0 saturated heterocycles. The van der Waals surface area contributed by atoms with Crippen molar-refractivity contribution in [1.82, 2.24) is 20.9 Å². The number of amides is 1. The lowest BCUT2D eigenvalue weighted by molar-refractivity contribution is -0.121. The van der Waals surface area contributed by atoms with Gasteiger partial charge in [-0.1, -0.05) is 12.8 Å². The van der Waals surface area contributed by atoms with E-state index in [-0.39, 0.29) is 5.91 Å². The van der Waals surface area contributed by atoms with Gasteiger partial charge in [0.05, 0.1) is 10.7 Å². The van der Waals surface area contributed by atoms with Crippen molar-refractivity contribution in [1.29, 1.82) is 0 Å². The zero-order chi connectivity index (χ0) is 16.5. The number of nitrogens with one attached hydrogen (secondary N) is 3. The SMILES string of the molecule is CN=C(NCCC(=O)NC1CCCC1)NCCc1csc(C)n1. The minimum atomic E-state index is 0.123. The number of guanidine groups is 1. The van der Waals surface area contributed by atoms with Crippen molar-refractivity contribution >= 4 is 23.2 Å². The summed E-state index contributed by atoms with van der Waals surface area (Å²) in [4.78, 5) is 20.5. The molecule has 2 rings (SSSR count). The summed E-state index contributed by atoms with van der Waals surface area (Å²) >= 11 is 1.67. The van der Waals surface area contributed by atoms with Crippen LogP contribution in [0, 0.1) is 6.92 Å². The van der Waals surface area contributed by atoms with Gasteiger partial charge in [0.25, 0.3) is 0 Å². The average Bonchev–Trinajstić information content (AvgIpc) is 3.17. The maximum absolute atomic E-state index is 11.9. The number of nitrogens with zero attached hydrogens (tertiary/aromatic N) is 2. The Morgan fingerprint density at radius 2 is 2.09 bits per heavy atom. The molecule has 0 aliphatic heterocycles. The first-order chi connectivity index (χ1) is 11.2. The Bertz CT molecular complexity index is 522. The molecular formula is C16H27N5OS. The van der Waals surface area contributed by atoms with Crippen molar-refractivity contribution < 1.29 is 4.79 Å². The fourth-order valence-electron chi connectivity index (χ4n) is 2.72. The molecule has 7 heteroatoms. The van der Waals surface area contributed by atoms with Crippen LogP contribution in [0.1, 0.15) is 42.8 Å². The lowest BCUT2D eigenvalue weighted by Gasteiger charge is -2.13. The van der Waals surface area contributed by atoms with Gasteiger partial charge in [-0.25, -0.2) is 4.98 Å². The van der Waals surface area contributed by atoms with Crippen LogP contribution in [0.15, 0.2) is 10.4 Å². The monoisotopic (exact) mass is 337 g/mol. The second kappa shape index (κ2) is 9.50. The fourth-order valence-corrected chi connectivity index (χ4v) is 3.36. The highest BCUT2D eigenvalue weighted by molar-refractivity contribution is 7.09. The summed E-state index contributed by atoms with van der Waals surface area (Å²) in [6, 6.07) is 0.390. The lowest BCUT2D eigenvalue weighted by atomic mass is 10.2. The lowest BCUT2D eigenvalue weighted by Crippen LogP contribution is -2.41. The Kier molecular flexibility index (Phi) is 7.32. The van der Waals surface area contributed by atoms with Gasteiger partial charge in [0.1, 0.15) is 0 Å². The van der Waals surface area contributed by atoms with Crippen molar-refractivity contribution in [2.75, 3.05) is 20.1 Å². The summed E-state index contributed by atoms with van der Waals surface area (Å²) in [5, 5.41) is 12.7. The Morgan fingerprint density at radius 1 is 1.35 bits per heavy atom. The van der Waals surface area contributed by atoms with Gasteiger partial charge in [-0.05, 0) is 19.8 Å². The number of aromatic nitrogens is 1. The highest BCUT2D eigenvalue weighted by Crippen LogP contribution is 2.17. The van der Waals surface area contributed by atoms with Crippen LogP contribution >= 0.6 is 11.3 Å². The quantitative estimate of drug-likeness (QED) is 0.522. The predicted octanol–water partition coefficient (Wildman–Crippen LogP) is 1.61. The van der Waals surface area contributed by atoms with E-state index in [1.807, 2.05) is 6.92 Å². The van der Waals surface area contributed by atoms with E-state index >= 15 is 0 Å². The molecule has 6 nitrogen and oxygen atoms in total. The molecule has 1 heterocycles. The van der Waals surface area contributed by atoms with Crippen LogP contribution in [0.3, 0.4) is 0 Å². The van der Waals surface area contributed by atoms with E-state index in [9.17, 15) is 4.79 Å². The molecular weight excluding hydrogens is 310 g/mol. The number of carbonyl (C=O) groups excluding carboxylic acids is 1. The number of aryl methyl sites for hydroxylation is 1. The molecule has 0 radical (unpaired) electrons. The number of carbonyl (C=O) groups is 1. The van der Waals surface area contributed by atoms with Gasteiger partial charge >= 0.3 is 0 Å². The Labute approximate surface area is 142 Å². The zero-order valence-electron chi connectivity index (χ0n) is 14.0. The molecule has 128 valence electrons. The Balaban J connectivity index is 1.58. The highest BCUT2D eigenvalue weighted by atomic mass is 32.1. The summed E-state index contributed by atoms with van der Waals surface area (Å²) in [6.45, 7) is 3.38. The first kappa shape index (κ1) is 17.7. The molecule has 0 spiro atoms. The molecule has 1 saturated carbocycles.